The predicted octanol–water partition coefficient (Wildman–Crippen LogP) is 3.93. The molecule has 5 N–H and O–H groups in total. The topological polar surface area (TPSA) is 82.9 Å². The molecular formula is C20H30N4O. The highest BCUT2D eigenvalue weighted by atomic mass is 16.2. The molecule has 1 aliphatic carbocycles. The van der Waals surface area contributed by atoms with Crippen LogP contribution >= 0.6 is 0 Å². The number of benzene rings is 1. The molecule has 0 bridgehead atoms. The number of anilines is 1. The third-order valence-electron chi connectivity index (χ3n) is 5.20. The summed E-state index contributed by atoms with van der Waals surface area (Å²) < 4.78 is 0. The van der Waals surface area contributed by atoms with E-state index in [0.29, 0.717) is 5.92 Å². The van der Waals surface area contributed by atoms with Crippen molar-refractivity contribution in [1.29, 1.82) is 0 Å². The Labute approximate surface area is 149 Å². The number of nitrogens with two attached hydrogens (primary N) is 1. The van der Waals surface area contributed by atoms with E-state index < -0.39 is 0 Å². The Morgan fingerprint density at radius 1 is 1.32 bits per heavy atom. The summed E-state index contributed by atoms with van der Waals surface area (Å²) in [5.41, 5.74) is 10.6. The van der Waals surface area contributed by atoms with Gasteiger partial charge in [-0.05, 0) is 61.9 Å². The van der Waals surface area contributed by atoms with E-state index in [-0.39, 0.29) is 6.03 Å². The summed E-state index contributed by atoms with van der Waals surface area (Å²) in [5.74, 6) is 0.564. The van der Waals surface area contributed by atoms with Crippen molar-refractivity contribution in [3.8, 4) is 0 Å². The number of amides is 2. The Morgan fingerprint density at radius 3 is 3.00 bits per heavy atom. The molecule has 2 aromatic rings. The van der Waals surface area contributed by atoms with Gasteiger partial charge in [0, 0.05) is 28.8 Å². The van der Waals surface area contributed by atoms with Gasteiger partial charge in [0.25, 0.3) is 0 Å². The molecule has 0 aliphatic heterocycles. The van der Waals surface area contributed by atoms with Gasteiger partial charge in [0.15, 0.2) is 0 Å². The largest absolute Gasteiger partial charge is 0.358 e. The molecule has 0 saturated carbocycles. The van der Waals surface area contributed by atoms with E-state index in [0.717, 1.165) is 50.0 Å². The van der Waals surface area contributed by atoms with E-state index in [4.69, 9.17) is 5.73 Å². The number of carbonyl (C=O) groups excluding carboxylic acids is 1. The van der Waals surface area contributed by atoms with Gasteiger partial charge in [-0.25, -0.2) is 4.79 Å². The molecule has 25 heavy (non-hydrogen) atoms. The van der Waals surface area contributed by atoms with E-state index in [1.54, 1.807) is 0 Å². The van der Waals surface area contributed by atoms with Gasteiger partial charge in [0.2, 0.25) is 0 Å². The van der Waals surface area contributed by atoms with Gasteiger partial charge in [-0.2, -0.15) is 0 Å². The molecule has 5 nitrogen and oxygen atoms in total. The number of H-pyrrole nitrogens is 1. The molecule has 3 rings (SSSR count). The number of fused-ring (bicyclic) bond motifs is 3. The SMILES string of the molecule is CCCCCCNC(=O)Nc1ccc2[nH]c3c(c2c1)CC(CN)CC3. The highest BCUT2D eigenvalue weighted by Gasteiger charge is 2.21. The number of unbranched alkanes of at least 4 members (excludes halogenated alkanes) is 3. The molecule has 0 radical (unpaired) electrons. The Kier molecular flexibility index (Phi) is 5.97. The molecule has 0 spiro atoms. The van der Waals surface area contributed by atoms with Crippen LogP contribution in [-0.4, -0.2) is 24.1 Å². The molecule has 0 fully saturated rings. The number of rotatable bonds is 7. The molecule has 1 aromatic carbocycles. The van der Waals surface area contributed by atoms with E-state index >= 15 is 0 Å². The molecule has 1 atom stereocenters. The summed E-state index contributed by atoms with van der Waals surface area (Å²) in [4.78, 5) is 15.6. The molecule has 2 amide bonds. The zero-order valence-corrected chi connectivity index (χ0v) is 15.2. The van der Waals surface area contributed by atoms with Gasteiger partial charge in [-0.1, -0.05) is 26.2 Å². The Bertz CT molecular complexity index is 722. The number of nitrogens with one attached hydrogen (secondary N) is 3. The van der Waals surface area contributed by atoms with Crippen LogP contribution in [0.15, 0.2) is 18.2 Å². The van der Waals surface area contributed by atoms with Crippen molar-refractivity contribution in [3.63, 3.8) is 0 Å². The average Bonchev–Trinajstić information content (AvgIpc) is 2.98. The molecule has 136 valence electrons. The van der Waals surface area contributed by atoms with Gasteiger partial charge in [0.05, 0.1) is 0 Å². The monoisotopic (exact) mass is 342 g/mol. The van der Waals surface area contributed by atoms with Crippen LogP contribution in [0, 0.1) is 5.92 Å². The van der Waals surface area contributed by atoms with Gasteiger partial charge in [0.1, 0.15) is 0 Å². The van der Waals surface area contributed by atoms with Crippen molar-refractivity contribution >= 4 is 22.6 Å². The standard InChI is InChI=1S/C20H30N4O/c1-2-3-4-5-10-22-20(25)23-15-7-9-19-17(12-15)16-11-14(13-21)6-8-18(16)24-19/h7,9,12,14,24H,2-6,8,10-11,13,21H2,1H3,(H2,22,23,25). The van der Waals surface area contributed by atoms with E-state index in [2.05, 4.69) is 34.7 Å². The molecule has 1 heterocycles. The van der Waals surface area contributed by atoms with Crippen molar-refractivity contribution in [2.24, 2.45) is 11.7 Å². The fourth-order valence-corrected chi connectivity index (χ4v) is 3.70. The Balaban J connectivity index is 1.64. The minimum atomic E-state index is -0.125. The van der Waals surface area contributed by atoms with Crippen LogP contribution in [0.3, 0.4) is 0 Å². The zero-order valence-electron chi connectivity index (χ0n) is 15.2. The second-order valence-electron chi connectivity index (χ2n) is 7.13. The van der Waals surface area contributed by atoms with Gasteiger partial charge in [-0.15, -0.1) is 0 Å². The first-order chi connectivity index (χ1) is 12.2. The lowest BCUT2D eigenvalue weighted by Crippen LogP contribution is -2.29. The zero-order chi connectivity index (χ0) is 17.6. The molecule has 1 aromatic heterocycles. The third kappa shape index (κ3) is 4.34. The van der Waals surface area contributed by atoms with E-state index in [9.17, 15) is 4.79 Å². The number of hydrogen-bond donors (Lipinski definition) is 4. The maximum absolute atomic E-state index is 12.1. The average molecular weight is 342 g/mol. The summed E-state index contributed by atoms with van der Waals surface area (Å²) in [7, 11) is 0. The highest BCUT2D eigenvalue weighted by molar-refractivity contribution is 5.94. The van der Waals surface area contributed by atoms with Crippen LogP contribution in [0.2, 0.25) is 0 Å². The summed E-state index contributed by atoms with van der Waals surface area (Å²) in [6.07, 6.45) is 7.88. The number of aromatic amines is 1. The Hall–Kier alpha value is -2.01. The molecule has 0 saturated heterocycles. The molecule has 1 aliphatic rings. The van der Waals surface area contributed by atoms with Crippen molar-refractivity contribution in [2.45, 2.75) is 51.9 Å². The fraction of sp³-hybridized carbons (Fsp3) is 0.550. The quantitative estimate of drug-likeness (QED) is 0.575. The third-order valence-corrected chi connectivity index (χ3v) is 5.20. The van der Waals surface area contributed by atoms with Gasteiger partial charge < -0.3 is 21.4 Å². The van der Waals surface area contributed by atoms with Crippen molar-refractivity contribution in [1.82, 2.24) is 10.3 Å². The normalized spacial score (nSPS) is 16.6. The van der Waals surface area contributed by atoms with Crippen LogP contribution in [0.1, 0.15) is 50.3 Å². The minimum absolute atomic E-state index is 0.125. The van der Waals surface area contributed by atoms with Crippen LogP contribution in [0.4, 0.5) is 10.5 Å². The first kappa shape index (κ1) is 17.8. The lowest BCUT2D eigenvalue weighted by Gasteiger charge is -2.20. The number of carbonyl (C=O) groups is 1. The molecule has 1 unspecified atom stereocenters. The number of aryl methyl sites for hydroxylation is 1. The van der Waals surface area contributed by atoms with Gasteiger partial charge >= 0.3 is 6.03 Å². The van der Waals surface area contributed by atoms with Crippen molar-refractivity contribution < 1.29 is 4.79 Å². The summed E-state index contributed by atoms with van der Waals surface area (Å²) in [6, 6.07) is 5.98. The predicted molar refractivity (Wildman–Crippen MR) is 104 cm³/mol. The van der Waals surface area contributed by atoms with Crippen molar-refractivity contribution in [3.05, 3.63) is 29.5 Å². The summed E-state index contributed by atoms with van der Waals surface area (Å²) in [5, 5.41) is 7.11. The van der Waals surface area contributed by atoms with Crippen LogP contribution in [0.5, 0.6) is 0 Å². The highest BCUT2D eigenvalue weighted by Crippen LogP contribution is 2.32. The number of hydrogen-bond acceptors (Lipinski definition) is 2. The maximum Gasteiger partial charge on any atom is 0.319 e. The summed E-state index contributed by atoms with van der Waals surface area (Å²) >= 11 is 0. The van der Waals surface area contributed by atoms with E-state index in [1.165, 1.54) is 35.9 Å². The smallest absolute Gasteiger partial charge is 0.319 e. The fourth-order valence-electron chi connectivity index (χ4n) is 3.70. The first-order valence-corrected chi connectivity index (χ1v) is 9.59. The minimum Gasteiger partial charge on any atom is -0.358 e. The van der Waals surface area contributed by atoms with Crippen LogP contribution < -0.4 is 16.4 Å². The molecular weight excluding hydrogens is 312 g/mol. The number of aromatic nitrogens is 1. The lowest BCUT2D eigenvalue weighted by atomic mass is 9.86. The van der Waals surface area contributed by atoms with E-state index in [1.807, 2.05) is 6.07 Å². The molecule has 5 heteroatoms. The maximum atomic E-state index is 12.1. The second kappa shape index (κ2) is 8.39. The van der Waals surface area contributed by atoms with Crippen molar-refractivity contribution in [2.75, 3.05) is 18.4 Å². The van der Waals surface area contributed by atoms with Crippen LogP contribution in [-0.2, 0) is 12.8 Å². The first-order valence-electron chi connectivity index (χ1n) is 9.59. The lowest BCUT2D eigenvalue weighted by molar-refractivity contribution is 0.252. The Morgan fingerprint density at radius 2 is 2.20 bits per heavy atom. The second-order valence-corrected chi connectivity index (χ2v) is 7.13. The van der Waals surface area contributed by atoms with Gasteiger partial charge in [-0.3, -0.25) is 0 Å². The number of urea groups is 1. The summed E-state index contributed by atoms with van der Waals surface area (Å²) in [6.45, 7) is 3.65. The van der Waals surface area contributed by atoms with Crippen LogP contribution in [0.25, 0.3) is 10.9 Å².